The molecule has 10 heteroatoms. The average Bonchev–Trinajstić information content (AvgIpc) is 3.10. The summed E-state index contributed by atoms with van der Waals surface area (Å²) in [5.41, 5.74) is -0.0482. The fourth-order valence-corrected chi connectivity index (χ4v) is 5.57. The van der Waals surface area contributed by atoms with E-state index in [9.17, 15) is 24.3 Å². The number of carboxylic acids is 1. The van der Waals surface area contributed by atoms with Crippen molar-refractivity contribution in [1.82, 2.24) is 5.32 Å². The number of methoxy groups -OCH3 is 1. The summed E-state index contributed by atoms with van der Waals surface area (Å²) in [6.07, 6.45) is 0.963. The van der Waals surface area contributed by atoms with Crippen LogP contribution in [0.25, 0.3) is 0 Å². The fourth-order valence-electron chi connectivity index (χ4n) is 4.78. The average molecular weight is 638 g/mol. The lowest BCUT2D eigenvalue weighted by Crippen LogP contribution is -2.50. The predicted molar refractivity (Wildman–Crippen MR) is 146 cm³/mol. The number of carboxylic acid groups (broad SMARTS) is 1. The maximum absolute atomic E-state index is 13.2. The summed E-state index contributed by atoms with van der Waals surface area (Å²) >= 11 is 6.74. The highest BCUT2D eigenvalue weighted by Crippen LogP contribution is 2.56. The van der Waals surface area contributed by atoms with Crippen molar-refractivity contribution in [3.8, 4) is 0 Å². The first-order chi connectivity index (χ1) is 17.3. The van der Waals surface area contributed by atoms with Gasteiger partial charge in [-0.25, -0.2) is 4.79 Å². The smallest absolute Gasteiger partial charge is 0.328 e. The fraction of sp³-hybridized carbons (Fsp3) is 0.407. The van der Waals surface area contributed by atoms with Gasteiger partial charge in [0.25, 0.3) is 5.91 Å². The number of hydrogen-bond donors (Lipinski definition) is 3. The van der Waals surface area contributed by atoms with Crippen LogP contribution >= 0.6 is 31.9 Å². The lowest BCUT2D eigenvalue weighted by atomic mass is 9.65. The van der Waals surface area contributed by atoms with Crippen LogP contribution in [0.1, 0.15) is 49.5 Å². The van der Waals surface area contributed by atoms with Crippen molar-refractivity contribution >= 4 is 61.3 Å². The molecule has 0 aromatic heterocycles. The van der Waals surface area contributed by atoms with E-state index in [4.69, 9.17) is 4.74 Å². The van der Waals surface area contributed by atoms with Crippen LogP contribution < -0.4 is 10.6 Å². The van der Waals surface area contributed by atoms with Crippen LogP contribution in [0.3, 0.4) is 0 Å². The van der Waals surface area contributed by atoms with Gasteiger partial charge in [0, 0.05) is 27.0 Å². The lowest BCUT2D eigenvalue weighted by molar-refractivity contribution is -0.156. The molecule has 0 heterocycles. The maximum atomic E-state index is 13.2. The van der Waals surface area contributed by atoms with Gasteiger partial charge in [-0.05, 0) is 77.0 Å². The second-order valence-electron chi connectivity index (χ2n) is 10.0. The Kier molecular flexibility index (Phi) is 8.85. The molecule has 1 aliphatic rings. The van der Waals surface area contributed by atoms with Crippen molar-refractivity contribution in [2.24, 2.45) is 16.7 Å². The largest absolute Gasteiger partial charge is 0.481 e. The number of carbonyl (C=O) groups excluding carboxylic acids is 3. The van der Waals surface area contributed by atoms with Crippen LogP contribution in [0.15, 0.2) is 51.4 Å². The van der Waals surface area contributed by atoms with Crippen molar-refractivity contribution in [2.45, 2.75) is 46.1 Å². The molecule has 0 aliphatic heterocycles. The van der Waals surface area contributed by atoms with Gasteiger partial charge in [0.05, 0.1) is 18.1 Å². The van der Waals surface area contributed by atoms with Crippen molar-refractivity contribution < 1.29 is 29.0 Å². The third-order valence-corrected chi connectivity index (χ3v) is 8.83. The molecule has 198 valence electrons. The molecule has 37 heavy (non-hydrogen) atoms. The predicted octanol–water partition coefficient (Wildman–Crippen LogP) is 5.19. The Morgan fingerprint density at radius 3 is 2.30 bits per heavy atom. The number of anilines is 1. The SMILES string of the molecule is COC(=O)[C@H](Cc1ccc(NC(=O)c2cc(Br)ccc2Br)cc1)NC(=O)C1CCC(C)(C(=O)O)C1(C)C. The molecule has 2 amide bonds. The van der Waals surface area contributed by atoms with E-state index in [1.165, 1.54) is 7.11 Å². The number of hydrogen-bond acceptors (Lipinski definition) is 5. The standard InChI is InChI=1S/C27H30Br2N2O6/c1-26(2)19(11-12-27(26,3)25(35)36)23(33)31-21(24(34)37-4)13-15-5-8-17(9-6-15)30-22(32)18-14-16(28)7-10-20(18)29/h5-10,14,19,21H,11-13H2,1-4H3,(H,30,32)(H,31,33)(H,35,36)/t19?,21-,27?/m0/s1. The molecule has 2 unspecified atom stereocenters. The Morgan fingerprint density at radius 1 is 1.08 bits per heavy atom. The van der Waals surface area contributed by atoms with Crippen LogP contribution in [0, 0.1) is 16.7 Å². The Balaban J connectivity index is 1.70. The number of benzene rings is 2. The van der Waals surface area contributed by atoms with Gasteiger partial charge in [-0.1, -0.05) is 41.9 Å². The highest BCUT2D eigenvalue weighted by atomic mass is 79.9. The zero-order valence-corrected chi connectivity index (χ0v) is 24.2. The number of carbonyl (C=O) groups is 4. The molecule has 3 atom stereocenters. The van der Waals surface area contributed by atoms with E-state index in [-0.39, 0.29) is 18.2 Å². The van der Waals surface area contributed by atoms with Crippen molar-refractivity contribution in [2.75, 3.05) is 12.4 Å². The third-order valence-electron chi connectivity index (χ3n) is 7.64. The quantitative estimate of drug-likeness (QED) is 0.343. The van der Waals surface area contributed by atoms with Gasteiger partial charge < -0.3 is 20.5 Å². The Morgan fingerprint density at radius 2 is 1.73 bits per heavy atom. The highest BCUT2D eigenvalue weighted by Gasteiger charge is 2.58. The molecule has 0 spiro atoms. The molecule has 0 radical (unpaired) electrons. The number of aliphatic carboxylic acids is 1. The number of ether oxygens (including phenoxy) is 1. The maximum Gasteiger partial charge on any atom is 0.328 e. The van der Waals surface area contributed by atoms with E-state index in [1.807, 2.05) is 6.07 Å². The molecule has 3 rings (SSSR count). The topological polar surface area (TPSA) is 122 Å². The van der Waals surface area contributed by atoms with Gasteiger partial charge in [0.1, 0.15) is 6.04 Å². The molecular weight excluding hydrogens is 608 g/mol. The van der Waals surface area contributed by atoms with Crippen LogP contribution in [-0.4, -0.2) is 42.0 Å². The Labute approximate surface area is 232 Å². The van der Waals surface area contributed by atoms with E-state index in [0.717, 1.165) is 10.0 Å². The second kappa shape index (κ2) is 11.3. The summed E-state index contributed by atoms with van der Waals surface area (Å²) in [5, 5.41) is 15.4. The van der Waals surface area contributed by atoms with Gasteiger partial charge in [0.15, 0.2) is 0 Å². The summed E-state index contributed by atoms with van der Waals surface area (Å²) in [5.74, 6) is -2.74. The van der Waals surface area contributed by atoms with Gasteiger partial charge >= 0.3 is 11.9 Å². The van der Waals surface area contributed by atoms with Crippen LogP contribution in [0.5, 0.6) is 0 Å². The Bertz CT molecular complexity index is 1210. The minimum atomic E-state index is -1.04. The molecule has 1 aliphatic carbocycles. The molecule has 2 aromatic carbocycles. The minimum absolute atomic E-state index is 0.174. The van der Waals surface area contributed by atoms with E-state index in [0.29, 0.717) is 28.6 Å². The van der Waals surface area contributed by atoms with Crippen molar-refractivity contribution in [3.63, 3.8) is 0 Å². The first kappa shape index (κ1) is 28.8. The number of halogens is 2. The Hall–Kier alpha value is -2.72. The van der Waals surface area contributed by atoms with Gasteiger partial charge in [-0.3, -0.25) is 14.4 Å². The van der Waals surface area contributed by atoms with E-state index in [2.05, 4.69) is 42.5 Å². The lowest BCUT2D eigenvalue weighted by Gasteiger charge is -2.38. The van der Waals surface area contributed by atoms with Gasteiger partial charge in [-0.15, -0.1) is 0 Å². The third kappa shape index (κ3) is 6.06. The number of amides is 2. The summed E-state index contributed by atoms with van der Waals surface area (Å²) < 4.78 is 6.35. The molecular formula is C27H30Br2N2O6. The molecule has 3 N–H and O–H groups in total. The second-order valence-corrected chi connectivity index (χ2v) is 11.8. The molecule has 2 aromatic rings. The first-order valence-corrected chi connectivity index (χ1v) is 13.4. The molecule has 0 saturated heterocycles. The zero-order valence-electron chi connectivity index (χ0n) is 21.1. The molecule has 0 bridgehead atoms. The van der Waals surface area contributed by atoms with Crippen LogP contribution in [0.2, 0.25) is 0 Å². The number of esters is 1. The van der Waals surface area contributed by atoms with E-state index >= 15 is 0 Å². The first-order valence-electron chi connectivity index (χ1n) is 11.8. The zero-order chi connectivity index (χ0) is 27.5. The van der Waals surface area contributed by atoms with E-state index in [1.54, 1.807) is 57.2 Å². The van der Waals surface area contributed by atoms with Gasteiger partial charge in [-0.2, -0.15) is 0 Å². The normalized spacial score (nSPS) is 21.1. The van der Waals surface area contributed by atoms with Crippen LogP contribution in [-0.2, 0) is 25.5 Å². The summed E-state index contributed by atoms with van der Waals surface area (Å²) in [6.45, 7) is 5.23. The van der Waals surface area contributed by atoms with E-state index < -0.39 is 34.7 Å². The number of rotatable bonds is 8. The van der Waals surface area contributed by atoms with Crippen LogP contribution in [0.4, 0.5) is 5.69 Å². The monoisotopic (exact) mass is 636 g/mol. The minimum Gasteiger partial charge on any atom is -0.481 e. The molecule has 1 saturated carbocycles. The summed E-state index contributed by atoms with van der Waals surface area (Å²) in [4.78, 5) is 50.2. The number of nitrogens with one attached hydrogen (secondary N) is 2. The molecule has 1 fully saturated rings. The van der Waals surface area contributed by atoms with Gasteiger partial charge in [0.2, 0.25) is 5.91 Å². The summed E-state index contributed by atoms with van der Waals surface area (Å²) in [7, 11) is 1.25. The highest BCUT2D eigenvalue weighted by molar-refractivity contribution is 9.11. The molecule has 8 nitrogen and oxygen atoms in total. The van der Waals surface area contributed by atoms with Crippen molar-refractivity contribution in [1.29, 1.82) is 0 Å². The summed E-state index contributed by atoms with van der Waals surface area (Å²) in [6, 6.07) is 11.3. The van der Waals surface area contributed by atoms with Crippen molar-refractivity contribution in [3.05, 3.63) is 62.5 Å².